The normalized spacial score (nSPS) is 12.6. The summed E-state index contributed by atoms with van der Waals surface area (Å²) >= 11 is 1.49. The number of hydrogen-bond acceptors (Lipinski definition) is 4. The van der Waals surface area contributed by atoms with Gasteiger partial charge >= 0.3 is 0 Å². The zero-order chi connectivity index (χ0) is 19.5. The van der Waals surface area contributed by atoms with Gasteiger partial charge < -0.3 is 4.74 Å². The number of nitrogens with zero attached hydrogens (tertiary/aromatic N) is 1. The number of amides is 1. The summed E-state index contributed by atoms with van der Waals surface area (Å²) in [7, 11) is 0. The number of fused-ring (bicyclic) bond motifs is 1. The van der Waals surface area contributed by atoms with E-state index >= 15 is 0 Å². The number of rotatable bonds is 4. The Morgan fingerprint density at radius 3 is 2.86 bits per heavy atom. The van der Waals surface area contributed by atoms with Crippen LogP contribution in [0.2, 0.25) is 0 Å². The van der Waals surface area contributed by atoms with Crippen LogP contribution in [-0.2, 0) is 11.2 Å². The second kappa shape index (κ2) is 7.82. The van der Waals surface area contributed by atoms with Crippen molar-refractivity contribution in [3.63, 3.8) is 0 Å². The van der Waals surface area contributed by atoms with Gasteiger partial charge in [0.25, 0.3) is 5.91 Å². The number of benzene rings is 2. The molecule has 0 saturated carbocycles. The molecule has 2 heterocycles. The van der Waals surface area contributed by atoms with Crippen molar-refractivity contribution in [3.05, 3.63) is 93.7 Å². The zero-order valence-electron chi connectivity index (χ0n) is 15.7. The molecule has 2 aromatic carbocycles. The van der Waals surface area contributed by atoms with Crippen molar-refractivity contribution in [2.45, 2.75) is 20.3 Å². The fraction of sp³-hybridized carbons (Fsp3) is 0.130. The van der Waals surface area contributed by atoms with Crippen molar-refractivity contribution in [2.75, 3.05) is 5.32 Å². The first kappa shape index (κ1) is 18.2. The fourth-order valence-electron chi connectivity index (χ4n) is 3.04. The van der Waals surface area contributed by atoms with Crippen LogP contribution in [0.15, 0.2) is 66.6 Å². The Kier molecular flexibility index (Phi) is 5.08. The van der Waals surface area contributed by atoms with Crippen LogP contribution in [0, 0.1) is 13.8 Å². The minimum absolute atomic E-state index is 0.204. The van der Waals surface area contributed by atoms with Gasteiger partial charge in [0.2, 0.25) is 0 Å². The molecule has 0 fully saturated rings. The molecule has 0 aliphatic carbocycles. The van der Waals surface area contributed by atoms with Gasteiger partial charge in [0.1, 0.15) is 5.75 Å². The van der Waals surface area contributed by atoms with E-state index in [2.05, 4.69) is 41.5 Å². The summed E-state index contributed by atoms with van der Waals surface area (Å²) in [5.41, 5.74) is 4.98. The minimum Gasteiger partial charge on any atom is -0.464 e. The summed E-state index contributed by atoms with van der Waals surface area (Å²) in [6.45, 7) is 4.09. The maximum absolute atomic E-state index is 12.7. The minimum atomic E-state index is -0.204. The average molecular weight is 388 g/mol. The number of aromatic nitrogens is 1. The molecule has 0 saturated heterocycles. The van der Waals surface area contributed by atoms with Crippen molar-refractivity contribution < 1.29 is 9.53 Å². The van der Waals surface area contributed by atoms with E-state index in [0.29, 0.717) is 10.7 Å². The molecule has 1 N–H and O–H groups in total. The smallest absolute Gasteiger partial charge is 0.257 e. The topological polar surface area (TPSA) is 51.2 Å². The van der Waals surface area contributed by atoms with E-state index in [-0.39, 0.29) is 5.91 Å². The highest BCUT2D eigenvalue weighted by Crippen LogP contribution is 2.27. The molecule has 1 aliphatic heterocycles. The van der Waals surface area contributed by atoms with Gasteiger partial charge in [-0.1, -0.05) is 42.0 Å². The molecule has 1 amide bonds. The van der Waals surface area contributed by atoms with Gasteiger partial charge in [-0.05, 0) is 43.2 Å². The van der Waals surface area contributed by atoms with E-state index in [0.717, 1.165) is 28.2 Å². The Labute approximate surface area is 168 Å². The maximum atomic E-state index is 12.7. The molecular weight excluding hydrogens is 368 g/mol. The molecule has 4 rings (SSSR count). The Bertz CT molecular complexity index is 1100. The van der Waals surface area contributed by atoms with Crippen LogP contribution in [0.5, 0.6) is 5.75 Å². The SMILES string of the molecule is Cc1cccc(Cc2cnc(NC(=O)C3=Cc4ccc(C)cc4OC=C3)s2)c1. The Morgan fingerprint density at radius 1 is 1.14 bits per heavy atom. The van der Waals surface area contributed by atoms with Crippen molar-refractivity contribution in [1.82, 2.24) is 4.98 Å². The van der Waals surface area contributed by atoms with Crippen molar-refractivity contribution in [1.29, 1.82) is 0 Å². The summed E-state index contributed by atoms with van der Waals surface area (Å²) in [5.74, 6) is 0.540. The predicted molar refractivity (Wildman–Crippen MR) is 114 cm³/mol. The predicted octanol–water partition coefficient (Wildman–Crippen LogP) is 5.28. The van der Waals surface area contributed by atoms with Crippen LogP contribution in [0.1, 0.15) is 27.1 Å². The lowest BCUT2D eigenvalue weighted by Crippen LogP contribution is -2.12. The highest BCUT2D eigenvalue weighted by atomic mass is 32.1. The Morgan fingerprint density at radius 2 is 2.00 bits per heavy atom. The van der Waals surface area contributed by atoms with E-state index in [9.17, 15) is 4.79 Å². The zero-order valence-corrected chi connectivity index (χ0v) is 16.5. The molecule has 5 heteroatoms. The molecule has 3 aromatic rings. The summed E-state index contributed by atoms with van der Waals surface area (Å²) in [4.78, 5) is 18.1. The van der Waals surface area contributed by atoms with Gasteiger partial charge in [-0.3, -0.25) is 10.1 Å². The maximum Gasteiger partial charge on any atom is 0.257 e. The summed E-state index contributed by atoms with van der Waals surface area (Å²) in [6.07, 6.45) is 7.67. The molecule has 0 bridgehead atoms. The number of ether oxygens (including phenoxy) is 1. The second-order valence-corrected chi connectivity index (χ2v) is 7.93. The number of carbonyl (C=O) groups excluding carboxylic acids is 1. The third-order valence-corrected chi connectivity index (χ3v) is 5.33. The van der Waals surface area contributed by atoms with Crippen LogP contribution < -0.4 is 10.1 Å². The summed E-state index contributed by atoms with van der Waals surface area (Å²) < 4.78 is 5.61. The molecule has 28 heavy (non-hydrogen) atoms. The average Bonchev–Trinajstić information content (AvgIpc) is 2.97. The van der Waals surface area contributed by atoms with Crippen molar-refractivity contribution in [3.8, 4) is 5.75 Å². The monoisotopic (exact) mass is 388 g/mol. The van der Waals surface area contributed by atoms with E-state index in [1.807, 2.05) is 37.4 Å². The van der Waals surface area contributed by atoms with E-state index in [4.69, 9.17) is 4.74 Å². The van der Waals surface area contributed by atoms with Crippen LogP contribution in [0.3, 0.4) is 0 Å². The van der Waals surface area contributed by atoms with Crippen molar-refractivity contribution in [2.24, 2.45) is 0 Å². The fourth-order valence-corrected chi connectivity index (χ4v) is 3.88. The van der Waals surface area contributed by atoms with E-state index in [1.165, 1.54) is 22.5 Å². The van der Waals surface area contributed by atoms with Gasteiger partial charge in [-0.25, -0.2) is 4.98 Å². The van der Waals surface area contributed by atoms with Gasteiger partial charge in [0, 0.05) is 28.6 Å². The molecule has 1 aromatic heterocycles. The van der Waals surface area contributed by atoms with Crippen molar-refractivity contribution >= 4 is 28.5 Å². The lowest BCUT2D eigenvalue weighted by Gasteiger charge is -2.04. The molecule has 0 radical (unpaired) electrons. The first-order valence-corrected chi connectivity index (χ1v) is 9.86. The Hall–Kier alpha value is -3.18. The largest absolute Gasteiger partial charge is 0.464 e. The van der Waals surface area contributed by atoms with Gasteiger partial charge in [-0.2, -0.15) is 0 Å². The lowest BCUT2D eigenvalue weighted by molar-refractivity contribution is -0.112. The Balaban J connectivity index is 1.48. The number of thiazole rings is 1. The lowest BCUT2D eigenvalue weighted by atomic mass is 10.1. The number of aryl methyl sites for hydroxylation is 2. The molecule has 140 valence electrons. The number of carbonyl (C=O) groups is 1. The van der Waals surface area contributed by atoms with Crippen LogP contribution in [0.4, 0.5) is 5.13 Å². The number of anilines is 1. The van der Waals surface area contributed by atoms with Crippen LogP contribution in [-0.4, -0.2) is 10.9 Å². The summed E-state index contributed by atoms with van der Waals surface area (Å²) in [5, 5.41) is 3.49. The van der Waals surface area contributed by atoms with Gasteiger partial charge in [0.05, 0.1) is 6.26 Å². The number of hydrogen-bond donors (Lipinski definition) is 1. The molecule has 0 spiro atoms. The standard InChI is InChI=1S/C23H20N2O2S/c1-15-4-3-5-17(10-15)12-20-14-24-23(28-20)25-22(26)19-8-9-27-21-11-16(2)6-7-18(21)13-19/h3-11,13-14H,12H2,1-2H3,(H,24,25,26). The first-order valence-electron chi connectivity index (χ1n) is 9.04. The van der Waals surface area contributed by atoms with E-state index in [1.54, 1.807) is 12.3 Å². The molecule has 4 nitrogen and oxygen atoms in total. The molecule has 0 unspecified atom stereocenters. The third-order valence-electron chi connectivity index (χ3n) is 4.42. The quantitative estimate of drug-likeness (QED) is 0.662. The highest BCUT2D eigenvalue weighted by Gasteiger charge is 2.14. The van der Waals surface area contributed by atoms with Crippen LogP contribution in [0.25, 0.3) is 6.08 Å². The van der Waals surface area contributed by atoms with Crippen LogP contribution >= 0.6 is 11.3 Å². The highest BCUT2D eigenvalue weighted by molar-refractivity contribution is 7.15. The molecule has 0 atom stereocenters. The number of nitrogens with one attached hydrogen (secondary N) is 1. The molecular formula is C23H20N2O2S. The first-order chi connectivity index (χ1) is 13.6. The molecule has 1 aliphatic rings. The summed E-state index contributed by atoms with van der Waals surface area (Å²) in [6, 6.07) is 14.3. The third kappa shape index (κ3) is 4.21. The van der Waals surface area contributed by atoms with Gasteiger partial charge in [0.15, 0.2) is 5.13 Å². The second-order valence-electron chi connectivity index (χ2n) is 6.81. The van der Waals surface area contributed by atoms with E-state index < -0.39 is 0 Å². The van der Waals surface area contributed by atoms with Gasteiger partial charge in [-0.15, -0.1) is 11.3 Å².